The van der Waals surface area contributed by atoms with Gasteiger partial charge in [0.1, 0.15) is 11.8 Å². The summed E-state index contributed by atoms with van der Waals surface area (Å²) in [6.07, 6.45) is 2.15. The van der Waals surface area contributed by atoms with Crippen LogP contribution >= 0.6 is 23.2 Å². The number of sulfonamides is 1. The van der Waals surface area contributed by atoms with Gasteiger partial charge in [-0.3, -0.25) is 13.9 Å². The summed E-state index contributed by atoms with van der Waals surface area (Å²) >= 11 is 12.4. The number of nitrogens with one attached hydrogen (secondary N) is 1. The Morgan fingerprint density at radius 3 is 2.43 bits per heavy atom. The maximum Gasteiger partial charge on any atom is 0.242 e. The molecule has 0 saturated heterocycles. The molecule has 8 nitrogen and oxygen atoms in total. The van der Waals surface area contributed by atoms with Crippen LogP contribution in [-0.2, 0) is 26.2 Å². The van der Waals surface area contributed by atoms with E-state index in [0.29, 0.717) is 40.2 Å². The summed E-state index contributed by atoms with van der Waals surface area (Å²) in [6, 6.07) is 11.1. The number of hydrogen-bond acceptors (Lipinski definition) is 5. The fourth-order valence-electron chi connectivity index (χ4n) is 3.74. The van der Waals surface area contributed by atoms with Gasteiger partial charge in [0.15, 0.2) is 0 Å². The highest BCUT2D eigenvalue weighted by molar-refractivity contribution is 7.92. The Labute approximate surface area is 229 Å². The molecule has 2 rings (SSSR count). The first-order valence-electron chi connectivity index (χ1n) is 12.2. The lowest BCUT2D eigenvalue weighted by Crippen LogP contribution is -2.48. The van der Waals surface area contributed by atoms with Gasteiger partial charge in [0, 0.05) is 36.1 Å². The van der Waals surface area contributed by atoms with Crippen LogP contribution in [0.3, 0.4) is 0 Å². The average molecular weight is 573 g/mol. The molecule has 0 unspecified atom stereocenters. The fraction of sp³-hybridized carbons (Fsp3) is 0.462. The van der Waals surface area contributed by atoms with Crippen LogP contribution in [0.2, 0.25) is 10.0 Å². The van der Waals surface area contributed by atoms with Crippen LogP contribution in [-0.4, -0.2) is 57.1 Å². The number of benzene rings is 2. The number of anilines is 1. The molecule has 0 fully saturated rings. The topological polar surface area (TPSA) is 96.0 Å². The standard InChI is InChI=1S/C26H35Cl2N3O5S/c1-5-15-29-26(33)19(3)30(18-20-13-14-21(27)17-22(20)28)25(32)12-9-16-31(37(4,34)35)23-10-7-8-11-24(23)36-6-2/h7-8,10-11,13-14,17,19H,5-6,9,12,15-16,18H2,1-4H3,(H,29,33)/t19-/m1/s1. The van der Waals surface area contributed by atoms with Crippen molar-refractivity contribution in [3.8, 4) is 5.75 Å². The maximum atomic E-state index is 13.4. The highest BCUT2D eigenvalue weighted by Crippen LogP contribution is 2.30. The van der Waals surface area contributed by atoms with Gasteiger partial charge in [-0.25, -0.2) is 8.42 Å². The maximum absolute atomic E-state index is 13.4. The molecule has 0 spiro atoms. The van der Waals surface area contributed by atoms with Gasteiger partial charge in [0.2, 0.25) is 21.8 Å². The zero-order valence-electron chi connectivity index (χ0n) is 21.7. The van der Waals surface area contributed by atoms with Crippen molar-refractivity contribution in [2.45, 2.75) is 52.6 Å². The van der Waals surface area contributed by atoms with Crippen molar-refractivity contribution >= 4 is 50.7 Å². The normalized spacial score (nSPS) is 12.1. The van der Waals surface area contributed by atoms with Gasteiger partial charge < -0.3 is 15.0 Å². The number of hydrogen-bond donors (Lipinski definition) is 1. The van der Waals surface area contributed by atoms with Gasteiger partial charge in [-0.1, -0.05) is 48.3 Å². The van der Waals surface area contributed by atoms with Gasteiger partial charge in [-0.15, -0.1) is 0 Å². The van der Waals surface area contributed by atoms with Crippen molar-refractivity contribution in [2.24, 2.45) is 0 Å². The van der Waals surface area contributed by atoms with Gasteiger partial charge in [-0.2, -0.15) is 0 Å². The molecule has 37 heavy (non-hydrogen) atoms. The zero-order chi connectivity index (χ0) is 27.6. The molecule has 1 N–H and O–H groups in total. The predicted molar refractivity (Wildman–Crippen MR) is 149 cm³/mol. The highest BCUT2D eigenvalue weighted by atomic mass is 35.5. The molecule has 0 aliphatic rings. The number of carbonyl (C=O) groups excluding carboxylic acids is 2. The van der Waals surface area contributed by atoms with Crippen LogP contribution in [0, 0.1) is 0 Å². The fourth-order valence-corrected chi connectivity index (χ4v) is 5.17. The first kappa shape index (κ1) is 30.7. The Kier molecular flexibility index (Phi) is 12.0. The molecule has 11 heteroatoms. The van der Waals surface area contributed by atoms with E-state index in [4.69, 9.17) is 27.9 Å². The second kappa shape index (κ2) is 14.4. The number of nitrogens with zero attached hydrogens (tertiary/aromatic N) is 2. The average Bonchev–Trinajstić information content (AvgIpc) is 2.84. The van der Waals surface area contributed by atoms with E-state index in [0.717, 1.165) is 12.7 Å². The molecule has 0 aromatic heterocycles. The second-order valence-electron chi connectivity index (χ2n) is 8.56. The first-order chi connectivity index (χ1) is 17.5. The van der Waals surface area contributed by atoms with Gasteiger partial charge in [0.05, 0.1) is 18.6 Å². The molecule has 204 valence electrons. The van der Waals surface area contributed by atoms with E-state index < -0.39 is 16.1 Å². The molecule has 0 radical (unpaired) electrons. The molecule has 2 amide bonds. The quantitative estimate of drug-likeness (QED) is 0.348. The van der Waals surface area contributed by atoms with E-state index in [2.05, 4.69) is 5.32 Å². The Morgan fingerprint density at radius 2 is 1.81 bits per heavy atom. The van der Waals surface area contributed by atoms with E-state index in [1.54, 1.807) is 49.4 Å². The van der Waals surface area contributed by atoms with Crippen molar-refractivity contribution in [1.82, 2.24) is 10.2 Å². The zero-order valence-corrected chi connectivity index (χ0v) is 24.0. The van der Waals surface area contributed by atoms with Crippen LogP contribution in [0.4, 0.5) is 5.69 Å². The van der Waals surface area contributed by atoms with Gasteiger partial charge >= 0.3 is 0 Å². The van der Waals surface area contributed by atoms with Crippen LogP contribution in [0.1, 0.15) is 45.6 Å². The molecular weight excluding hydrogens is 537 g/mol. The van der Waals surface area contributed by atoms with Crippen molar-refractivity contribution < 1.29 is 22.7 Å². The molecule has 0 saturated carbocycles. The third-order valence-electron chi connectivity index (χ3n) is 5.66. The van der Waals surface area contributed by atoms with Crippen LogP contribution < -0.4 is 14.4 Å². The van der Waals surface area contributed by atoms with E-state index in [1.165, 1.54) is 9.21 Å². The van der Waals surface area contributed by atoms with E-state index in [-0.39, 0.29) is 37.7 Å². The number of carbonyl (C=O) groups is 2. The van der Waals surface area contributed by atoms with Crippen molar-refractivity contribution in [1.29, 1.82) is 0 Å². The summed E-state index contributed by atoms with van der Waals surface area (Å²) < 4.78 is 32.0. The smallest absolute Gasteiger partial charge is 0.242 e. The summed E-state index contributed by atoms with van der Waals surface area (Å²) in [4.78, 5) is 27.5. The summed E-state index contributed by atoms with van der Waals surface area (Å²) in [5.74, 6) is -0.123. The SMILES string of the molecule is CCCNC(=O)[C@@H](C)N(Cc1ccc(Cl)cc1Cl)C(=O)CCCN(c1ccccc1OCC)S(C)(=O)=O. The second-order valence-corrected chi connectivity index (χ2v) is 11.3. The van der Waals surface area contributed by atoms with Crippen molar-refractivity contribution in [3.63, 3.8) is 0 Å². The van der Waals surface area contributed by atoms with Crippen LogP contribution in [0.15, 0.2) is 42.5 Å². The lowest BCUT2D eigenvalue weighted by molar-refractivity contribution is -0.140. The van der Waals surface area contributed by atoms with E-state index in [9.17, 15) is 18.0 Å². The Bertz CT molecular complexity index is 1180. The molecule has 0 bridgehead atoms. The molecule has 0 heterocycles. The summed E-state index contributed by atoms with van der Waals surface area (Å²) in [5.41, 5.74) is 1.06. The largest absolute Gasteiger partial charge is 0.492 e. The molecule has 0 aliphatic carbocycles. The van der Waals surface area contributed by atoms with Crippen LogP contribution in [0.25, 0.3) is 0 Å². The Hall–Kier alpha value is -2.49. The molecule has 0 aliphatic heterocycles. The number of amides is 2. The van der Waals surface area contributed by atoms with E-state index >= 15 is 0 Å². The Balaban J connectivity index is 2.23. The monoisotopic (exact) mass is 571 g/mol. The third-order valence-corrected chi connectivity index (χ3v) is 7.43. The molecular formula is C26H35Cl2N3O5S. The minimum Gasteiger partial charge on any atom is -0.492 e. The minimum absolute atomic E-state index is 0.0272. The number of para-hydroxylation sites is 2. The molecule has 1 atom stereocenters. The Morgan fingerprint density at radius 1 is 1.11 bits per heavy atom. The van der Waals surface area contributed by atoms with Gasteiger partial charge in [0.25, 0.3) is 0 Å². The van der Waals surface area contributed by atoms with Crippen LogP contribution in [0.5, 0.6) is 5.75 Å². The number of halogens is 2. The van der Waals surface area contributed by atoms with Crippen molar-refractivity contribution in [3.05, 3.63) is 58.1 Å². The van der Waals surface area contributed by atoms with E-state index in [1.807, 2.05) is 13.8 Å². The first-order valence-corrected chi connectivity index (χ1v) is 14.8. The lowest BCUT2D eigenvalue weighted by atomic mass is 10.1. The molecule has 2 aromatic rings. The van der Waals surface area contributed by atoms with Gasteiger partial charge in [-0.05, 0) is 56.5 Å². The molecule has 2 aromatic carbocycles. The minimum atomic E-state index is -3.64. The number of ether oxygens (including phenoxy) is 1. The summed E-state index contributed by atoms with van der Waals surface area (Å²) in [6.45, 7) is 6.48. The summed E-state index contributed by atoms with van der Waals surface area (Å²) in [5, 5.41) is 3.68. The highest BCUT2D eigenvalue weighted by Gasteiger charge is 2.27. The third kappa shape index (κ3) is 9.09. The number of rotatable bonds is 14. The lowest BCUT2D eigenvalue weighted by Gasteiger charge is -2.30. The summed E-state index contributed by atoms with van der Waals surface area (Å²) in [7, 11) is -3.64. The predicted octanol–water partition coefficient (Wildman–Crippen LogP) is 4.88. The van der Waals surface area contributed by atoms with Crippen molar-refractivity contribution in [2.75, 3.05) is 30.3 Å².